The Bertz CT molecular complexity index is 322. The minimum absolute atomic E-state index is 0.276. The van der Waals surface area contributed by atoms with Crippen molar-refractivity contribution in [1.82, 2.24) is 0 Å². The van der Waals surface area contributed by atoms with Crippen LogP contribution < -0.4 is 0 Å². The number of hydrogen-bond donors (Lipinski definition) is 2. The first-order chi connectivity index (χ1) is 14.1. The van der Waals surface area contributed by atoms with E-state index in [2.05, 4.69) is 13.8 Å². The van der Waals surface area contributed by atoms with Crippen LogP contribution >= 0.6 is 0 Å². The summed E-state index contributed by atoms with van der Waals surface area (Å²) >= 11 is -3.56. The van der Waals surface area contributed by atoms with Crippen LogP contribution in [0.15, 0.2) is 0 Å². The molecule has 2 N–H and O–H groups in total. The van der Waals surface area contributed by atoms with Gasteiger partial charge >= 0.3 is 189 Å². The average molecular weight is 451 g/mol. The fourth-order valence-electron chi connectivity index (χ4n) is 4.26. The predicted molar refractivity (Wildman–Crippen MR) is 117 cm³/mol. The van der Waals surface area contributed by atoms with Gasteiger partial charge in [0.2, 0.25) is 0 Å². The minimum atomic E-state index is -3.56. The predicted octanol–water partition coefficient (Wildman–Crippen LogP) is 7.36. The quantitative estimate of drug-likeness (QED) is 0.126. The van der Waals surface area contributed by atoms with Crippen LogP contribution in [0.3, 0.4) is 0 Å². The zero-order chi connectivity index (χ0) is 21.6. The molecule has 0 aromatic carbocycles. The molecule has 5 heteroatoms. The molecule has 0 amide bonds. The van der Waals surface area contributed by atoms with Crippen molar-refractivity contribution in [1.29, 1.82) is 0 Å². The SMILES string of the molecule is CCCCCCCCC(CCCCCCCC)(CCCCCCCO)[O][Ti](=[O])[OH]. The standard InChI is InChI=1S/C24H49O2.H2O.O.Ti/c1-3-5-7-9-12-16-20-24(26,21-17-13-10-8-6-4-2)22-18-14-11-15-19-23-25;;;/h25H,3-23H2,1-2H3;1H2;;/q-1;;;+2/p-1. The van der Waals surface area contributed by atoms with E-state index in [1.165, 1.54) is 64.2 Å². The number of hydrogen-bond acceptors (Lipinski definition) is 3. The van der Waals surface area contributed by atoms with Gasteiger partial charge in [-0.2, -0.15) is 0 Å². The number of rotatable bonds is 23. The first-order valence-electron chi connectivity index (χ1n) is 12.6. The van der Waals surface area contributed by atoms with E-state index >= 15 is 0 Å². The van der Waals surface area contributed by atoms with Crippen molar-refractivity contribution in [2.24, 2.45) is 0 Å². The monoisotopic (exact) mass is 450 g/mol. The van der Waals surface area contributed by atoms with Crippen LogP contribution in [0.4, 0.5) is 0 Å². The summed E-state index contributed by atoms with van der Waals surface area (Å²) in [6, 6.07) is 0. The van der Waals surface area contributed by atoms with E-state index < -0.39 is 18.6 Å². The molecule has 0 rings (SSSR count). The van der Waals surface area contributed by atoms with Crippen LogP contribution in [-0.4, -0.2) is 21.0 Å². The van der Waals surface area contributed by atoms with Crippen molar-refractivity contribution < 1.29 is 34.1 Å². The molecule has 0 unspecified atom stereocenters. The summed E-state index contributed by atoms with van der Waals surface area (Å²) in [6.45, 7) is 4.75. The van der Waals surface area contributed by atoms with E-state index in [0.717, 1.165) is 64.2 Å². The van der Waals surface area contributed by atoms with Gasteiger partial charge in [0.05, 0.1) is 0 Å². The third-order valence-electron chi connectivity index (χ3n) is 6.07. The molecule has 0 saturated heterocycles. The summed E-state index contributed by atoms with van der Waals surface area (Å²) in [5, 5.41) is 8.92. The first-order valence-corrected chi connectivity index (χ1v) is 14.6. The third-order valence-corrected chi connectivity index (χ3v) is 7.02. The zero-order valence-corrected chi connectivity index (χ0v) is 21.1. The van der Waals surface area contributed by atoms with Crippen LogP contribution in [0.25, 0.3) is 0 Å². The van der Waals surface area contributed by atoms with Gasteiger partial charge in [0.25, 0.3) is 0 Å². The maximum atomic E-state index is 11.7. The van der Waals surface area contributed by atoms with Gasteiger partial charge in [-0.05, 0) is 0 Å². The van der Waals surface area contributed by atoms with Crippen molar-refractivity contribution in [2.75, 3.05) is 6.61 Å². The van der Waals surface area contributed by atoms with Crippen LogP contribution in [0.5, 0.6) is 0 Å². The van der Waals surface area contributed by atoms with Crippen molar-refractivity contribution in [3.05, 3.63) is 0 Å². The zero-order valence-electron chi connectivity index (χ0n) is 19.6. The molecule has 0 aromatic rings. The van der Waals surface area contributed by atoms with Gasteiger partial charge < -0.3 is 0 Å². The van der Waals surface area contributed by atoms with E-state index in [1.54, 1.807) is 0 Å². The molecule has 0 bridgehead atoms. The van der Waals surface area contributed by atoms with E-state index in [1.807, 2.05) is 0 Å². The molecule has 0 atom stereocenters. The topological polar surface area (TPSA) is 66.8 Å². The summed E-state index contributed by atoms with van der Waals surface area (Å²) in [4.78, 5) is 0. The van der Waals surface area contributed by atoms with E-state index in [4.69, 9.17) is 8.42 Å². The van der Waals surface area contributed by atoms with Crippen molar-refractivity contribution in [3.63, 3.8) is 0 Å². The van der Waals surface area contributed by atoms with Crippen molar-refractivity contribution >= 4 is 0 Å². The number of aliphatic hydroxyl groups is 1. The van der Waals surface area contributed by atoms with Crippen molar-refractivity contribution in [2.45, 2.75) is 148 Å². The fraction of sp³-hybridized carbons (Fsp3) is 1.00. The molecule has 0 aliphatic carbocycles. The van der Waals surface area contributed by atoms with Gasteiger partial charge in [-0.3, -0.25) is 0 Å². The van der Waals surface area contributed by atoms with Crippen LogP contribution in [0.1, 0.15) is 142 Å². The van der Waals surface area contributed by atoms with Crippen molar-refractivity contribution in [3.8, 4) is 0 Å². The fourth-order valence-corrected chi connectivity index (χ4v) is 5.31. The molecule has 174 valence electrons. The normalized spacial score (nSPS) is 11.9. The Kier molecular flexibility index (Phi) is 21.9. The molecule has 0 heterocycles. The third kappa shape index (κ3) is 18.9. The Morgan fingerprint density at radius 3 is 1.31 bits per heavy atom. The summed E-state index contributed by atoms with van der Waals surface area (Å²) in [5.41, 5.74) is -0.377. The molecule has 0 aliphatic rings. The van der Waals surface area contributed by atoms with E-state index in [-0.39, 0.29) is 12.2 Å². The Balaban J connectivity index is 4.59. The van der Waals surface area contributed by atoms with Gasteiger partial charge in [0.15, 0.2) is 0 Å². The number of unbranched alkanes of at least 4 members (excludes halogenated alkanes) is 14. The summed E-state index contributed by atoms with van der Waals surface area (Å²) in [6.07, 6.45) is 22.9. The maximum absolute atomic E-state index is 11.7. The summed E-state index contributed by atoms with van der Waals surface area (Å²) in [5.74, 6) is 0. The molecule has 29 heavy (non-hydrogen) atoms. The summed E-state index contributed by atoms with van der Waals surface area (Å²) < 4.78 is 27.3. The molecule has 0 spiro atoms. The van der Waals surface area contributed by atoms with E-state index in [9.17, 15) is 7.01 Å². The Morgan fingerprint density at radius 1 is 0.621 bits per heavy atom. The van der Waals surface area contributed by atoms with E-state index in [0.29, 0.717) is 0 Å². The molecule has 4 nitrogen and oxygen atoms in total. The van der Waals surface area contributed by atoms with Gasteiger partial charge in [-0.1, -0.05) is 0 Å². The molecule has 0 radical (unpaired) electrons. The second-order valence-corrected chi connectivity index (χ2v) is 9.98. The summed E-state index contributed by atoms with van der Waals surface area (Å²) in [7, 11) is 0. The molecule has 0 saturated carbocycles. The average Bonchev–Trinajstić information content (AvgIpc) is 2.69. The van der Waals surface area contributed by atoms with Crippen LogP contribution in [-0.2, 0) is 25.3 Å². The molecule has 0 aliphatic heterocycles. The van der Waals surface area contributed by atoms with Crippen LogP contribution in [0.2, 0.25) is 0 Å². The Labute approximate surface area is 188 Å². The molecule has 0 aromatic heterocycles. The van der Waals surface area contributed by atoms with Crippen LogP contribution in [0, 0.1) is 0 Å². The second-order valence-electron chi connectivity index (χ2n) is 8.83. The molecular formula is C24H50O4Ti. The molecular weight excluding hydrogens is 400 g/mol. The molecule has 0 fully saturated rings. The second kappa shape index (κ2) is 21.6. The number of aliphatic hydroxyl groups excluding tert-OH is 1. The van der Waals surface area contributed by atoms with Gasteiger partial charge in [0, 0.05) is 0 Å². The van der Waals surface area contributed by atoms with Gasteiger partial charge in [-0.15, -0.1) is 0 Å². The Morgan fingerprint density at radius 2 is 0.966 bits per heavy atom. The Hall–Kier alpha value is 0.394. The van der Waals surface area contributed by atoms with Gasteiger partial charge in [-0.25, -0.2) is 0 Å². The van der Waals surface area contributed by atoms with Gasteiger partial charge in [0.1, 0.15) is 0 Å². The first kappa shape index (κ1) is 29.4.